The van der Waals surface area contributed by atoms with Gasteiger partial charge in [-0.25, -0.2) is 4.79 Å². The van der Waals surface area contributed by atoms with E-state index < -0.39 is 0 Å². The third-order valence-electron chi connectivity index (χ3n) is 6.07. The molecule has 3 heterocycles. The van der Waals surface area contributed by atoms with Gasteiger partial charge in [-0.1, -0.05) is 0 Å². The molecule has 1 saturated heterocycles. The van der Waals surface area contributed by atoms with E-state index in [1.807, 2.05) is 48.5 Å². The zero-order chi connectivity index (χ0) is 23.3. The van der Waals surface area contributed by atoms with Crippen molar-refractivity contribution < 1.29 is 23.7 Å². The summed E-state index contributed by atoms with van der Waals surface area (Å²) in [5, 5.41) is 0. The normalized spacial score (nSPS) is 16.4. The van der Waals surface area contributed by atoms with E-state index in [4.69, 9.17) is 23.7 Å². The summed E-state index contributed by atoms with van der Waals surface area (Å²) in [5.41, 5.74) is 2.65. The summed E-state index contributed by atoms with van der Waals surface area (Å²) in [7, 11) is 1.63. The lowest BCUT2D eigenvalue weighted by molar-refractivity contribution is 0.0661. The number of fused-ring (bicyclic) bond motifs is 3. The Morgan fingerprint density at radius 2 is 1.76 bits per heavy atom. The fourth-order valence-corrected chi connectivity index (χ4v) is 4.29. The molecule has 0 N–H and O–H groups in total. The molecular weight excluding hydrogens is 436 g/mol. The second kappa shape index (κ2) is 10.2. The van der Waals surface area contributed by atoms with Gasteiger partial charge >= 0.3 is 5.69 Å². The molecule has 5 rings (SSSR count). The second-order valence-corrected chi connectivity index (χ2v) is 8.30. The number of hydrogen-bond acceptors (Lipinski definition) is 7. The Morgan fingerprint density at radius 1 is 1.00 bits per heavy atom. The van der Waals surface area contributed by atoms with Gasteiger partial charge in [-0.05, 0) is 67.3 Å². The largest absolute Gasteiger partial charge is 0.497 e. The number of aromatic nitrogens is 2. The van der Waals surface area contributed by atoms with Gasteiger partial charge in [0, 0.05) is 24.8 Å². The highest BCUT2D eigenvalue weighted by atomic mass is 16.5. The van der Waals surface area contributed by atoms with Crippen LogP contribution >= 0.6 is 0 Å². The molecule has 1 aromatic heterocycles. The third-order valence-corrected chi connectivity index (χ3v) is 6.07. The van der Waals surface area contributed by atoms with Crippen molar-refractivity contribution in [2.75, 3.05) is 33.5 Å². The predicted molar refractivity (Wildman–Crippen MR) is 126 cm³/mol. The molecule has 34 heavy (non-hydrogen) atoms. The molecule has 0 radical (unpaired) electrons. The monoisotopic (exact) mass is 464 g/mol. The summed E-state index contributed by atoms with van der Waals surface area (Å²) >= 11 is 0. The van der Waals surface area contributed by atoms with Crippen LogP contribution in [0.1, 0.15) is 18.4 Å². The highest BCUT2D eigenvalue weighted by Gasteiger charge is 2.21. The maximum Gasteiger partial charge on any atom is 0.351 e. The molecule has 1 unspecified atom stereocenters. The fourth-order valence-electron chi connectivity index (χ4n) is 4.29. The number of ether oxygens (including phenoxy) is 5. The van der Waals surface area contributed by atoms with Crippen LogP contribution in [-0.4, -0.2) is 49.2 Å². The first-order valence-electron chi connectivity index (χ1n) is 11.6. The standard InChI is InChI=1S/C26H28N2O6/c1-30-19-4-6-20(7-5-19)32-13-14-33-21-8-9-23-18(15-21)10-11-28-24(23)16-25(27-26(28)29)34-17-22-3-2-12-31-22/h4-9,15-16,22H,2-3,10-14,17H2,1H3. The van der Waals surface area contributed by atoms with E-state index in [0.717, 1.165) is 59.9 Å². The number of rotatable bonds is 9. The number of nitrogens with zero attached hydrogens (tertiary/aromatic N) is 2. The van der Waals surface area contributed by atoms with Gasteiger partial charge in [-0.2, -0.15) is 4.98 Å². The van der Waals surface area contributed by atoms with Crippen molar-refractivity contribution in [1.82, 2.24) is 9.55 Å². The summed E-state index contributed by atoms with van der Waals surface area (Å²) in [6.07, 6.45) is 2.82. The van der Waals surface area contributed by atoms with Gasteiger partial charge in [0.05, 0.1) is 18.9 Å². The molecule has 1 atom stereocenters. The summed E-state index contributed by atoms with van der Waals surface area (Å²) in [6, 6.07) is 15.2. The Balaban J connectivity index is 1.22. The molecule has 178 valence electrons. The Bertz CT molecular complexity index is 1180. The van der Waals surface area contributed by atoms with Gasteiger partial charge in [-0.3, -0.25) is 4.57 Å². The average Bonchev–Trinajstić information content (AvgIpc) is 3.39. The minimum atomic E-state index is -0.290. The summed E-state index contributed by atoms with van der Waals surface area (Å²) in [5.74, 6) is 2.68. The van der Waals surface area contributed by atoms with E-state index >= 15 is 0 Å². The molecule has 2 aliphatic rings. The van der Waals surface area contributed by atoms with Crippen molar-refractivity contribution in [3.05, 3.63) is 64.6 Å². The first kappa shape index (κ1) is 22.3. The number of methoxy groups -OCH3 is 1. The molecule has 0 aliphatic carbocycles. The molecule has 2 aliphatic heterocycles. The maximum atomic E-state index is 12.6. The fraction of sp³-hybridized carbons (Fsp3) is 0.385. The van der Waals surface area contributed by atoms with E-state index in [9.17, 15) is 4.79 Å². The molecule has 0 spiro atoms. The van der Waals surface area contributed by atoms with E-state index in [2.05, 4.69) is 4.98 Å². The van der Waals surface area contributed by atoms with E-state index in [1.165, 1.54) is 0 Å². The minimum absolute atomic E-state index is 0.0706. The molecule has 8 heteroatoms. The van der Waals surface area contributed by atoms with Crippen LogP contribution in [0.15, 0.2) is 53.3 Å². The smallest absolute Gasteiger partial charge is 0.351 e. The molecule has 2 aromatic carbocycles. The van der Waals surface area contributed by atoms with Gasteiger partial charge in [0.25, 0.3) is 0 Å². The maximum absolute atomic E-state index is 12.6. The first-order valence-corrected chi connectivity index (χ1v) is 11.6. The van der Waals surface area contributed by atoms with Crippen molar-refractivity contribution in [2.45, 2.75) is 31.9 Å². The zero-order valence-electron chi connectivity index (χ0n) is 19.2. The highest BCUT2D eigenvalue weighted by Crippen LogP contribution is 2.32. The number of hydrogen-bond donors (Lipinski definition) is 0. The molecule has 0 amide bonds. The summed E-state index contributed by atoms with van der Waals surface area (Å²) < 4.78 is 29.9. The van der Waals surface area contributed by atoms with Crippen molar-refractivity contribution >= 4 is 0 Å². The molecule has 0 bridgehead atoms. The van der Waals surface area contributed by atoms with Crippen molar-refractivity contribution in [1.29, 1.82) is 0 Å². The summed E-state index contributed by atoms with van der Waals surface area (Å²) in [6.45, 7) is 2.60. The lowest BCUT2D eigenvalue weighted by Gasteiger charge is -2.22. The van der Waals surface area contributed by atoms with Gasteiger partial charge in [-0.15, -0.1) is 0 Å². The average molecular weight is 465 g/mol. The quantitative estimate of drug-likeness (QED) is 0.449. The molecule has 1 fully saturated rings. The number of benzene rings is 2. The van der Waals surface area contributed by atoms with Crippen LogP contribution in [0.5, 0.6) is 23.1 Å². The van der Waals surface area contributed by atoms with E-state index in [1.54, 1.807) is 11.7 Å². The van der Waals surface area contributed by atoms with Gasteiger partial charge in [0.15, 0.2) is 0 Å². The molecular formula is C26H28N2O6. The zero-order valence-corrected chi connectivity index (χ0v) is 19.2. The Kier molecular flexibility index (Phi) is 6.67. The third kappa shape index (κ3) is 5.02. The lowest BCUT2D eigenvalue weighted by Crippen LogP contribution is -2.29. The highest BCUT2D eigenvalue weighted by molar-refractivity contribution is 5.67. The van der Waals surface area contributed by atoms with Crippen LogP contribution in [0.4, 0.5) is 0 Å². The first-order chi connectivity index (χ1) is 16.7. The van der Waals surface area contributed by atoms with Crippen molar-refractivity contribution in [3.63, 3.8) is 0 Å². The summed E-state index contributed by atoms with van der Waals surface area (Å²) in [4.78, 5) is 16.7. The van der Waals surface area contributed by atoms with Crippen LogP contribution < -0.4 is 24.6 Å². The Labute approximate surface area is 198 Å². The second-order valence-electron chi connectivity index (χ2n) is 8.30. The minimum Gasteiger partial charge on any atom is -0.497 e. The molecule has 3 aromatic rings. The topological polar surface area (TPSA) is 81.0 Å². The lowest BCUT2D eigenvalue weighted by atomic mass is 9.97. The van der Waals surface area contributed by atoms with E-state index in [-0.39, 0.29) is 11.8 Å². The predicted octanol–water partition coefficient (Wildman–Crippen LogP) is 3.49. The van der Waals surface area contributed by atoms with Crippen LogP contribution in [0.25, 0.3) is 11.3 Å². The number of aryl methyl sites for hydroxylation is 1. The van der Waals surface area contributed by atoms with Crippen LogP contribution in [0, 0.1) is 0 Å². The molecule has 8 nitrogen and oxygen atoms in total. The van der Waals surface area contributed by atoms with Crippen molar-refractivity contribution in [3.8, 4) is 34.4 Å². The molecule has 0 saturated carbocycles. The van der Waals surface area contributed by atoms with E-state index in [0.29, 0.717) is 32.2 Å². The Hall–Kier alpha value is -3.52. The van der Waals surface area contributed by atoms with Crippen LogP contribution in [0.2, 0.25) is 0 Å². The van der Waals surface area contributed by atoms with Gasteiger partial charge < -0.3 is 23.7 Å². The Morgan fingerprint density at radius 3 is 2.53 bits per heavy atom. The van der Waals surface area contributed by atoms with Gasteiger partial charge in [0.2, 0.25) is 5.88 Å². The van der Waals surface area contributed by atoms with Crippen LogP contribution in [0.3, 0.4) is 0 Å². The SMILES string of the molecule is COc1ccc(OCCOc2ccc3c(c2)CCn2c-3cc(OCC3CCCO3)nc2=O)cc1. The van der Waals surface area contributed by atoms with Crippen LogP contribution in [-0.2, 0) is 17.7 Å². The van der Waals surface area contributed by atoms with Gasteiger partial charge in [0.1, 0.15) is 37.1 Å². The van der Waals surface area contributed by atoms with Crippen molar-refractivity contribution in [2.24, 2.45) is 0 Å².